The third-order valence-electron chi connectivity index (χ3n) is 4.88. The Hall–Kier alpha value is -1.35. The number of hydrogen-bond donors (Lipinski definition) is 1. The third kappa shape index (κ3) is 4.40. The number of β-lactam (4-membered cyclic amide) rings is 1. The van der Waals surface area contributed by atoms with Gasteiger partial charge in [0.15, 0.2) is 0 Å². The number of nitrogens with one attached hydrogen (secondary N) is 1. The van der Waals surface area contributed by atoms with E-state index in [-0.39, 0.29) is 12.3 Å². The zero-order valence-electron chi connectivity index (χ0n) is 15.6. The molecule has 0 saturated carbocycles. The lowest BCUT2D eigenvalue weighted by atomic mass is 9.96. The van der Waals surface area contributed by atoms with Crippen LogP contribution in [0.4, 0.5) is 0 Å². The van der Waals surface area contributed by atoms with Gasteiger partial charge in [0.25, 0.3) is 0 Å². The molecule has 0 bridgehead atoms. The van der Waals surface area contributed by atoms with Crippen molar-refractivity contribution in [2.24, 2.45) is 0 Å². The van der Waals surface area contributed by atoms with Gasteiger partial charge in [-0.1, -0.05) is 65.1 Å². The second kappa shape index (κ2) is 8.06. The van der Waals surface area contributed by atoms with E-state index in [0.29, 0.717) is 0 Å². The molecule has 11 heteroatoms. The lowest BCUT2D eigenvalue weighted by molar-refractivity contribution is -0.164. The molecule has 2 aliphatic rings. The Bertz CT molecular complexity index is 859. The minimum absolute atomic E-state index is 0.0854. The highest BCUT2D eigenvalue weighted by Crippen LogP contribution is 2.44. The maximum atomic E-state index is 13.0. The van der Waals surface area contributed by atoms with Gasteiger partial charge in [0.2, 0.25) is 15.6 Å². The van der Waals surface area contributed by atoms with Crippen LogP contribution in [-0.2, 0) is 36.3 Å². The molecule has 2 heterocycles. The number of carbonyl (C=O) groups excluding carboxylic acids is 3. The minimum atomic E-state index is -1.80. The van der Waals surface area contributed by atoms with Gasteiger partial charge >= 0.3 is 5.97 Å². The van der Waals surface area contributed by atoms with Gasteiger partial charge < -0.3 is 15.0 Å². The van der Waals surface area contributed by atoms with Gasteiger partial charge in [0.1, 0.15) is 24.1 Å². The van der Waals surface area contributed by atoms with Crippen LogP contribution in [0.1, 0.15) is 19.4 Å². The molecule has 1 N–H and O–H groups in total. The molecule has 0 radical (unpaired) electrons. The van der Waals surface area contributed by atoms with E-state index in [4.69, 9.17) is 39.5 Å². The lowest BCUT2D eigenvalue weighted by Gasteiger charge is -2.43. The molecule has 2 aliphatic heterocycles. The normalized spacial score (nSPS) is 27.8. The Labute approximate surface area is 185 Å². The van der Waals surface area contributed by atoms with Gasteiger partial charge in [0, 0.05) is 0 Å². The third-order valence-corrected chi connectivity index (χ3v) is 7.41. The highest BCUT2D eigenvalue weighted by Gasteiger charge is 2.68. The number of carbonyl (C=O) groups is 3. The summed E-state index contributed by atoms with van der Waals surface area (Å²) in [6.07, 6.45) is 0.0854. The predicted octanol–water partition coefficient (Wildman–Crippen LogP) is 1.71. The zero-order valence-corrected chi connectivity index (χ0v) is 18.6. The maximum absolute atomic E-state index is 13.0. The summed E-state index contributed by atoms with van der Waals surface area (Å²) >= 11 is 16.8. The first-order valence-electron chi connectivity index (χ1n) is 8.73. The largest absolute Gasteiger partial charge is 0.460 e. The molecule has 2 saturated heterocycles. The fourth-order valence-electron chi connectivity index (χ4n) is 3.51. The van der Waals surface area contributed by atoms with Gasteiger partial charge in [-0.15, -0.1) is 0 Å². The predicted molar refractivity (Wildman–Crippen MR) is 110 cm³/mol. The topological polar surface area (TPSA) is 92.8 Å². The van der Waals surface area contributed by atoms with Gasteiger partial charge in [-0.05, 0) is 19.4 Å². The number of halogens is 3. The first-order valence-corrected chi connectivity index (χ1v) is 11.1. The van der Waals surface area contributed by atoms with Crippen LogP contribution < -0.4 is 5.32 Å². The summed E-state index contributed by atoms with van der Waals surface area (Å²) in [5.41, 5.74) is 0.787. The van der Waals surface area contributed by atoms with Crippen molar-refractivity contribution in [2.45, 2.75) is 46.3 Å². The SMILES string of the molecule is CC1(C)[C@H](C(=O)OCC(Cl)(Cl)Cl)N2C(=O)[C@H](NC(=O)Cc3ccccc3)[C@H]2[S@]1=O. The van der Waals surface area contributed by atoms with Crippen LogP contribution in [0.2, 0.25) is 0 Å². The molecule has 29 heavy (non-hydrogen) atoms. The first kappa shape index (κ1) is 22.3. The van der Waals surface area contributed by atoms with Crippen molar-refractivity contribution in [1.29, 1.82) is 0 Å². The summed E-state index contributed by atoms with van der Waals surface area (Å²) in [4.78, 5) is 38.7. The van der Waals surface area contributed by atoms with Crippen molar-refractivity contribution in [3.8, 4) is 0 Å². The number of hydrogen-bond acceptors (Lipinski definition) is 5. The average molecular weight is 482 g/mol. The van der Waals surface area contributed by atoms with Crippen molar-refractivity contribution in [2.75, 3.05) is 6.61 Å². The second-order valence-electron chi connectivity index (χ2n) is 7.37. The molecule has 4 atom stereocenters. The molecule has 0 aromatic heterocycles. The van der Waals surface area contributed by atoms with Crippen LogP contribution >= 0.6 is 34.8 Å². The van der Waals surface area contributed by atoms with E-state index in [1.54, 1.807) is 38.1 Å². The van der Waals surface area contributed by atoms with E-state index >= 15 is 0 Å². The number of alkyl halides is 3. The molecule has 0 spiro atoms. The van der Waals surface area contributed by atoms with Crippen LogP contribution in [0, 0.1) is 0 Å². The number of amides is 2. The highest BCUT2D eigenvalue weighted by molar-refractivity contribution is 7.87. The van der Waals surface area contributed by atoms with Crippen LogP contribution in [0.3, 0.4) is 0 Å². The van der Waals surface area contributed by atoms with Gasteiger partial charge in [-0.25, -0.2) is 4.79 Å². The smallest absolute Gasteiger partial charge is 0.330 e. The number of ether oxygens (including phenoxy) is 1. The quantitative estimate of drug-likeness (QED) is 0.393. The molecule has 0 unspecified atom stereocenters. The maximum Gasteiger partial charge on any atom is 0.330 e. The molecule has 158 valence electrons. The molecule has 2 amide bonds. The Kier molecular flexibility index (Phi) is 6.21. The van der Waals surface area contributed by atoms with Crippen LogP contribution in [-0.4, -0.2) is 59.5 Å². The summed E-state index contributed by atoms with van der Waals surface area (Å²) in [5, 5.41) is 1.81. The first-order chi connectivity index (χ1) is 13.4. The molecule has 0 aliphatic carbocycles. The van der Waals surface area contributed by atoms with Crippen molar-refractivity contribution >= 4 is 63.4 Å². The average Bonchev–Trinajstić information content (AvgIpc) is 2.82. The zero-order chi connectivity index (χ0) is 21.6. The second-order valence-corrected chi connectivity index (χ2v) is 12.0. The van der Waals surface area contributed by atoms with E-state index in [1.807, 2.05) is 6.07 Å². The molecular formula is C18H19Cl3N2O5S. The Morgan fingerprint density at radius 1 is 1.24 bits per heavy atom. The molecule has 7 nitrogen and oxygen atoms in total. The Morgan fingerprint density at radius 3 is 2.45 bits per heavy atom. The fraction of sp³-hybridized carbons (Fsp3) is 0.500. The summed E-state index contributed by atoms with van der Waals surface area (Å²) < 4.78 is 15.1. The summed E-state index contributed by atoms with van der Waals surface area (Å²) in [5.74, 6) is -1.67. The molecule has 3 rings (SSSR count). The fourth-order valence-corrected chi connectivity index (χ4v) is 5.59. The highest BCUT2D eigenvalue weighted by atomic mass is 35.6. The molecular weight excluding hydrogens is 463 g/mol. The van der Waals surface area contributed by atoms with Crippen molar-refractivity contribution < 1.29 is 23.3 Å². The van der Waals surface area contributed by atoms with E-state index < -0.39 is 55.3 Å². The van der Waals surface area contributed by atoms with E-state index in [0.717, 1.165) is 5.56 Å². The van der Waals surface area contributed by atoms with Crippen molar-refractivity contribution in [1.82, 2.24) is 10.2 Å². The number of fused-ring (bicyclic) bond motifs is 1. The van der Waals surface area contributed by atoms with Gasteiger partial charge in [-0.2, -0.15) is 0 Å². The van der Waals surface area contributed by atoms with E-state index in [9.17, 15) is 18.6 Å². The van der Waals surface area contributed by atoms with Crippen LogP contribution in [0.5, 0.6) is 0 Å². The van der Waals surface area contributed by atoms with Crippen LogP contribution in [0.15, 0.2) is 30.3 Å². The number of nitrogens with zero attached hydrogens (tertiary/aromatic N) is 1. The molecule has 1 aromatic rings. The summed E-state index contributed by atoms with van der Waals surface area (Å²) in [7, 11) is -1.62. The van der Waals surface area contributed by atoms with E-state index in [1.165, 1.54) is 4.90 Å². The summed E-state index contributed by atoms with van der Waals surface area (Å²) in [6, 6.07) is 6.97. The van der Waals surface area contributed by atoms with Crippen LogP contribution in [0.25, 0.3) is 0 Å². The van der Waals surface area contributed by atoms with E-state index in [2.05, 4.69) is 5.32 Å². The van der Waals surface area contributed by atoms with Crippen molar-refractivity contribution in [3.05, 3.63) is 35.9 Å². The van der Waals surface area contributed by atoms with Gasteiger partial charge in [-0.3, -0.25) is 13.8 Å². The Balaban J connectivity index is 1.71. The van der Waals surface area contributed by atoms with Crippen molar-refractivity contribution in [3.63, 3.8) is 0 Å². The Morgan fingerprint density at radius 2 is 1.86 bits per heavy atom. The lowest BCUT2D eigenvalue weighted by Crippen LogP contribution is -2.71. The number of rotatable bonds is 5. The number of benzene rings is 1. The molecule has 2 fully saturated rings. The standard InChI is InChI=1S/C18H19Cl3N2O5S/c1-17(2)13(16(26)28-9-18(19,20)21)23-14(25)12(15(23)29(17)27)22-11(24)8-10-6-4-3-5-7-10/h3-7,12-13,15H,8-9H2,1-2H3,(H,22,24)/t12-,13-,15+,29+/m0/s1. The minimum Gasteiger partial charge on any atom is -0.460 e. The van der Waals surface area contributed by atoms with Gasteiger partial charge in [0.05, 0.1) is 22.0 Å². The molecule has 1 aromatic carbocycles. The monoisotopic (exact) mass is 480 g/mol. The summed E-state index contributed by atoms with van der Waals surface area (Å²) in [6.45, 7) is 2.69. The number of esters is 1.